The normalized spacial score (nSPS) is 18.4. The van der Waals surface area contributed by atoms with Crippen LogP contribution in [-0.4, -0.2) is 43.9 Å². The van der Waals surface area contributed by atoms with Gasteiger partial charge in [0.15, 0.2) is 0 Å². The van der Waals surface area contributed by atoms with E-state index in [1.807, 2.05) is 37.3 Å². The summed E-state index contributed by atoms with van der Waals surface area (Å²) in [6.07, 6.45) is 8.25. The van der Waals surface area contributed by atoms with Crippen LogP contribution in [0.2, 0.25) is 0 Å². The predicted molar refractivity (Wildman–Crippen MR) is 132 cm³/mol. The van der Waals surface area contributed by atoms with Crippen molar-refractivity contribution in [1.82, 2.24) is 15.1 Å². The minimum Gasteiger partial charge on any atom is -0.490 e. The van der Waals surface area contributed by atoms with Gasteiger partial charge in [0.05, 0.1) is 11.0 Å². The van der Waals surface area contributed by atoms with Crippen LogP contribution in [0.4, 0.5) is 5.13 Å². The monoisotopic (exact) mass is 488 g/mol. The molecule has 1 aliphatic heterocycles. The van der Waals surface area contributed by atoms with E-state index in [0.717, 1.165) is 29.2 Å². The van der Waals surface area contributed by atoms with Gasteiger partial charge in [0.2, 0.25) is 11.0 Å². The number of aryl methyl sites for hydroxylation is 1. The fourth-order valence-corrected chi connectivity index (χ4v) is 5.52. The molecule has 1 aliphatic carbocycles. The SMILES string of the molecule is Cc1nnc(NC(=O)CCN2C(=O)/C(=C/c3ccc(OC4CCCCC4)cc3)SC2=S)s1. The smallest absolute Gasteiger partial charge is 0.266 e. The highest BCUT2D eigenvalue weighted by molar-refractivity contribution is 8.26. The van der Waals surface area contributed by atoms with Crippen LogP contribution in [0.1, 0.15) is 49.1 Å². The molecule has 1 aromatic heterocycles. The molecule has 0 bridgehead atoms. The van der Waals surface area contributed by atoms with E-state index in [9.17, 15) is 9.59 Å². The van der Waals surface area contributed by atoms with Gasteiger partial charge in [-0.25, -0.2) is 0 Å². The number of benzene rings is 1. The molecule has 1 saturated heterocycles. The third-order valence-corrected chi connectivity index (χ3v) is 7.37. The van der Waals surface area contributed by atoms with Gasteiger partial charge in [-0.2, -0.15) is 0 Å². The molecule has 2 fully saturated rings. The first-order valence-corrected chi connectivity index (χ1v) is 12.6. The molecular weight excluding hydrogens is 464 g/mol. The van der Waals surface area contributed by atoms with E-state index in [1.165, 1.54) is 47.3 Å². The van der Waals surface area contributed by atoms with E-state index in [2.05, 4.69) is 15.5 Å². The first-order chi connectivity index (χ1) is 15.5. The van der Waals surface area contributed by atoms with Gasteiger partial charge in [-0.15, -0.1) is 10.2 Å². The van der Waals surface area contributed by atoms with E-state index in [-0.39, 0.29) is 24.8 Å². The molecular formula is C22H24N4O3S3. The van der Waals surface area contributed by atoms with Crippen molar-refractivity contribution in [2.75, 3.05) is 11.9 Å². The van der Waals surface area contributed by atoms with Crippen molar-refractivity contribution in [2.24, 2.45) is 0 Å². The minimum atomic E-state index is -0.229. The van der Waals surface area contributed by atoms with E-state index < -0.39 is 0 Å². The summed E-state index contributed by atoms with van der Waals surface area (Å²) in [5, 5.41) is 11.7. The van der Waals surface area contributed by atoms with Crippen molar-refractivity contribution in [1.29, 1.82) is 0 Å². The molecule has 2 heterocycles. The Labute approximate surface area is 200 Å². The third-order valence-electron chi connectivity index (χ3n) is 5.24. The highest BCUT2D eigenvalue weighted by Gasteiger charge is 2.32. The first kappa shape index (κ1) is 22.9. The maximum atomic E-state index is 12.8. The maximum Gasteiger partial charge on any atom is 0.266 e. The van der Waals surface area contributed by atoms with Crippen molar-refractivity contribution in [3.63, 3.8) is 0 Å². The molecule has 168 valence electrons. The highest BCUT2D eigenvalue weighted by atomic mass is 32.2. The number of thiocarbonyl (C=S) groups is 1. The summed E-state index contributed by atoms with van der Waals surface area (Å²) in [4.78, 5) is 27.0. The van der Waals surface area contributed by atoms with Gasteiger partial charge in [0.25, 0.3) is 5.91 Å². The lowest BCUT2D eigenvalue weighted by atomic mass is 9.98. The number of hydrogen-bond donors (Lipinski definition) is 1. The number of carbonyl (C=O) groups is 2. The molecule has 0 spiro atoms. The zero-order chi connectivity index (χ0) is 22.5. The number of amides is 2. The second-order valence-corrected chi connectivity index (χ2v) is 10.6. The molecule has 7 nitrogen and oxygen atoms in total. The number of aromatic nitrogens is 2. The number of anilines is 1. The van der Waals surface area contributed by atoms with Gasteiger partial charge in [-0.1, -0.05) is 53.9 Å². The lowest BCUT2D eigenvalue weighted by Gasteiger charge is -2.22. The van der Waals surface area contributed by atoms with Gasteiger partial charge in [-0.3, -0.25) is 14.5 Å². The van der Waals surface area contributed by atoms with Crippen LogP contribution >= 0.6 is 35.3 Å². The molecule has 2 aromatic rings. The zero-order valence-electron chi connectivity index (χ0n) is 17.7. The second-order valence-electron chi connectivity index (χ2n) is 7.70. The Morgan fingerprint density at radius 2 is 2.00 bits per heavy atom. The average molecular weight is 489 g/mol. The van der Waals surface area contributed by atoms with Gasteiger partial charge >= 0.3 is 0 Å². The molecule has 10 heteroatoms. The molecule has 1 aromatic carbocycles. The minimum absolute atomic E-state index is 0.131. The largest absolute Gasteiger partial charge is 0.490 e. The van der Waals surface area contributed by atoms with Crippen molar-refractivity contribution in [2.45, 2.75) is 51.6 Å². The Kier molecular flexibility index (Phi) is 7.54. The zero-order valence-corrected chi connectivity index (χ0v) is 20.2. The fourth-order valence-electron chi connectivity index (χ4n) is 3.60. The summed E-state index contributed by atoms with van der Waals surface area (Å²) in [5.74, 6) is 0.452. The van der Waals surface area contributed by atoms with E-state index >= 15 is 0 Å². The number of hydrogen-bond acceptors (Lipinski definition) is 8. The van der Waals surface area contributed by atoms with Gasteiger partial charge in [-0.05, 0) is 56.4 Å². The van der Waals surface area contributed by atoms with Crippen molar-refractivity contribution in [3.05, 3.63) is 39.7 Å². The Hall–Kier alpha value is -2.30. The lowest BCUT2D eigenvalue weighted by Crippen LogP contribution is -2.31. The summed E-state index contributed by atoms with van der Waals surface area (Å²) in [6.45, 7) is 2.04. The first-order valence-electron chi connectivity index (χ1n) is 10.6. The lowest BCUT2D eigenvalue weighted by molar-refractivity contribution is -0.122. The second kappa shape index (κ2) is 10.5. The van der Waals surface area contributed by atoms with Crippen molar-refractivity contribution in [3.8, 4) is 5.75 Å². The summed E-state index contributed by atoms with van der Waals surface area (Å²) in [6, 6.07) is 7.78. The Morgan fingerprint density at radius 3 is 2.69 bits per heavy atom. The van der Waals surface area contributed by atoms with Gasteiger partial charge in [0.1, 0.15) is 15.1 Å². The van der Waals surface area contributed by atoms with Crippen LogP contribution < -0.4 is 10.1 Å². The molecule has 1 N–H and O–H groups in total. The quantitative estimate of drug-likeness (QED) is 0.443. The Bertz CT molecular complexity index is 1030. The molecule has 1 saturated carbocycles. The van der Waals surface area contributed by atoms with E-state index in [0.29, 0.717) is 20.5 Å². The van der Waals surface area contributed by atoms with Crippen LogP contribution in [0.15, 0.2) is 29.2 Å². The summed E-state index contributed by atoms with van der Waals surface area (Å²) >= 11 is 7.92. The number of ether oxygens (including phenoxy) is 1. The fraction of sp³-hybridized carbons (Fsp3) is 0.409. The molecule has 2 aliphatic rings. The summed E-state index contributed by atoms with van der Waals surface area (Å²) in [7, 11) is 0. The topological polar surface area (TPSA) is 84.4 Å². The van der Waals surface area contributed by atoms with Gasteiger partial charge < -0.3 is 10.1 Å². The Morgan fingerprint density at radius 1 is 1.25 bits per heavy atom. The number of rotatable bonds is 7. The maximum absolute atomic E-state index is 12.8. The summed E-state index contributed by atoms with van der Waals surface area (Å²) in [5.41, 5.74) is 0.908. The number of carbonyl (C=O) groups excluding carboxylic acids is 2. The average Bonchev–Trinajstić information content (AvgIpc) is 3.30. The highest BCUT2D eigenvalue weighted by Crippen LogP contribution is 2.33. The number of thioether (sulfide) groups is 1. The van der Waals surface area contributed by atoms with Crippen LogP contribution in [0, 0.1) is 6.92 Å². The van der Waals surface area contributed by atoms with Crippen LogP contribution in [0.25, 0.3) is 6.08 Å². The van der Waals surface area contributed by atoms with Crippen molar-refractivity contribution < 1.29 is 14.3 Å². The van der Waals surface area contributed by atoms with Crippen LogP contribution in [-0.2, 0) is 9.59 Å². The van der Waals surface area contributed by atoms with Crippen LogP contribution in [0.5, 0.6) is 5.75 Å². The van der Waals surface area contributed by atoms with Gasteiger partial charge in [0, 0.05) is 13.0 Å². The standard InChI is InChI=1S/C22H24N4O3S3/c1-14-24-25-21(31-14)23-19(27)11-12-26-20(28)18(32-22(26)30)13-15-7-9-17(10-8-15)29-16-5-3-2-4-6-16/h7-10,13,16H,2-6,11-12H2,1H3,(H,23,25,27)/b18-13-. The third kappa shape index (κ3) is 5.93. The Balaban J connectivity index is 1.31. The van der Waals surface area contributed by atoms with E-state index in [4.69, 9.17) is 17.0 Å². The summed E-state index contributed by atoms with van der Waals surface area (Å²) < 4.78 is 6.52. The number of nitrogens with one attached hydrogen (secondary N) is 1. The van der Waals surface area contributed by atoms with Crippen molar-refractivity contribution >= 4 is 62.7 Å². The van der Waals surface area contributed by atoms with Crippen LogP contribution in [0.3, 0.4) is 0 Å². The molecule has 0 atom stereocenters. The molecule has 0 unspecified atom stereocenters. The molecule has 0 radical (unpaired) electrons. The molecule has 2 amide bonds. The van der Waals surface area contributed by atoms with E-state index in [1.54, 1.807) is 0 Å². The predicted octanol–water partition coefficient (Wildman–Crippen LogP) is 4.79. The molecule has 32 heavy (non-hydrogen) atoms. The molecule has 4 rings (SSSR count). The number of nitrogens with zero attached hydrogens (tertiary/aromatic N) is 3.